The van der Waals surface area contributed by atoms with Gasteiger partial charge in [0.05, 0.1) is 42.2 Å². The third-order valence-corrected chi connectivity index (χ3v) is 8.45. The van der Waals surface area contributed by atoms with Gasteiger partial charge in [0.2, 0.25) is 11.4 Å². The minimum Gasteiger partial charge on any atom is -0.370 e. The standard InChI is InChI=1S/C36F3N17/c1-44-12(8-40)16-18-21(27-25(16)53-31(36(37,38)39)14(10-42)51-27)19-17(13(9-41)45-2)26-29(56-35(50-7)34(49-6)55-26)23(19)20-22(18)28-30(24(20)33(47-4)48-5)54-32(46-3)15(11-43)52-28/b16-12+,17-13-. The van der Waals surface area contributed by atoms with Crippen molar-refractivity contribution in [2.45, 2.75) is 6.18 Å². The summed E-state index contributed by atoms with van der Waals surface area (Å²) in [4.78, 5) is 47.8. The van der Waals surface area contributed by atoms with Crippen LogP contribution in [0.1, 0.15) is 50.9 Å². The van der Waals surface area contributed by atoms with E-state index in [1.165, 1.54) is 6.07 Å². The number of hydrogen-bond donors (Lipinski definition) is 0. The van der Waals surface area contributed by atoms with Crippen LogP contribution in [0.25, 0.3) is 84.4 Å². The van der Waals surface area contributed by atoms with E-state index in [1.807, 2.05) is 0 Å². The van der Waals surface area contributed by atoms with E-state index >= 15 is 0 Å². The van der Waals surface area contributed by atoms with E-state index in [9.17, 15) is 34.2 Å². The molecule has 3 aliphatic carbocycles. The summed E-state index contributed by atoms with van der Waals surface area (Å²) in [7, 11) is 0. The van der Waals surface area contributed by atoms with Gasteiger partial charge in [0.1, 0.15) is 36.5 Å². The van der Waals surface area contributed by atoms with Crippen LogP contribution in [0.5, 0.6) is 0 Å². The monoisotopic (exact) mass is 727 g/mol. The molecule has 0 saturated heterocycles. The lowest BCUT2D eigenvalue weighted by atomic mass is 9.85. The molecule has 0 fully saturated rings. The number of hydrogen-bond acceptors (Lipinski definition) is 10. The minimum absolute atomic E-state index is 0.245. The second-order valence-corrected chi connectivity index (χ2v) is 10.9. The maximum Gasteiger partial charge on any atom is 0.531 e. The number of rotatable bonds is 0. The second kappa shape index (κ2) is 12.0. The first kappa shape index (κ1) is 34.3. The molecule has 17 nitrogen and oxygen atoms in total. The minimum atomic E-state index is -5.31. The molecule has 0 atom stereocenters. The van der Waals surface area contributed by atoms with Crippen LogP contribution < -0.4 is 0 Å². The number of benzene rings is 1. The molecule has 0 aliphatic heterocycles. The van der Waals surface area contributed by atoms with Crippen LogP contribution in [0.2, 0.25) is 0 Å². The van der Waals surface area contributed by atoms with Crippen molar-refractivity contribution >= 4 is 34.2 Å². The lowest BCUT2D eigenvalue weighted by Crippen LogP contribution is -2.14. The molecule has 0 bridgehead atoms. The fourth-order valence-electron chi connectivity index (χ4n) is 6.56. The maximum absolute atomic E-state index is 14.4. The van der Waals surface area contributed by atoms with Crippen LogP contribution in [0.4, 0.5) is 30.6 Å². The molecule has 56 heavy (non-hydrogen) atoms. The van der Waals surface area contributed by atoms with Crippen molar-refractivity contribution < 1.29 is 13.2 Å². The molecule has 1 aromatic carbocycles. The zero-order chi connectivity index (χ0) is 40.4. The van der Waals surface area contributed by atoms with Crippen LogP contribution in [0.15, 0.2) is 17.2 Å². The van der Waals surface area contributed by atoms with Crippen molar-refractivity contribution in [3.8, 4) is 58.0 Å². The molecular formula is C36F3N17. The van der Waals surface area contributed by atoms with E-state index in [4.69, 9.17) is 46.0 Å². The first-order valence-electron chi connectivity index (χ1n) is 14.5. The molecule has 3 heterocycles. The Morgan fingerprint density at radius 3 is 1.27 bits per heavy atom. The van der Waals surface area contributed by atoms with E-state index in [0.29, 0.717) is 0 Å². The normalized spacial score (nSPS) is 13.5. The zero-order valence-corrected chi connectivity index (χ0v) is 26.7. The first-order chi connectivity index (χ1) is 27.0. The SMILES string of the molecule is [C-]#[N+]C([N+]#[C-])=C1c2nc([N+]#[C-])c(C#N)nc2-c2c1c1c(c3c2/C(=C(/C#N)[N+]#[C-])c2nc(C(F)(F)F)c(C#N)nc2-3)/C(=C(\C#N)[N+]#[C-])c2nc([N+]#[C-])c([N+]#[C-])nc2-1. The predicted molar refractivity (Wildman–Crippen MR) is 178 cm³/mol. The van der Waals surface area contributed by atoms with Gasteiger partial charge in [-0.25, -0.2) is 35.2 Å². The van der Waals surface area contributed by atoms with Crippen molar-refractivity contribution in [1.29, 1.82) is 21.0 Å². The summed E-state index contributed by atoms with van der Waals surface area (Å²) in [6, 6.07) is 6.37. The van der Waals surface area contributed by atoms with E-state index in [1.54, 1.807) is 18.2 Å². The van der Waals surface area contributed by atoms with Crippen molar-refractivity contribution in [3.05, 3.63) is 148 Å². The summed E-state index contributed by atoms with van der Waals surface area (Å²) in [5.74, 6) is -2.51. The van der Waals surface area contributed by atoms with Gasteiger partial charge < -0.3 is 14.5 Å². The average molecular weight is 728 g/mol. The van der Waals surface area contributed by atoms with Gasteiger partial charge in [-0.2, -0.15) is 33.4 Å². The maximum atomic E-state index is 14.4. The molecule has 0 unspecified atom stereocenters. The fraction of sp³-hybridized carbons (Fsp3) is 0.0278. The second-order valence-electron chi connectivity index (χ2n) is 10.9. The highest BCUT2D eigenvalue weighted by Gasteiger charge is 2.52. The average Bonchev–Trinajstić information content (AvgIpc) is 3.82. The molecular weight excluding hydrogens is 728 g/mol. The number of allylic oxidation sites excluding steroid dienone is 2. The van der Waals surface area contributed by atoms with Crippen LogP contribution >= 0.6 is 0 Å². The summed E-state index contributed by atoms with van der Waals surface area (Å²) in [5, 5.41) is 40.3. The van der Waals surface area contributed by atoms with Crippen molar-refractivity contribution in [2.75, 3.05) is 0 Å². The molecule has 4 aromatic rings. The van der Waals surface area contributed by atoms with Crippen LogP contribution in [-0.4, -0.2) is 29.9 Å². The lowest BCUT2D eigenvalue weighted by Gasteiger charge is -2.16. The number of halogens is 3. The Morgan fingerprint density at radius 2 is 0.857 bits per heavy atom. The van der Waals surface area contributed by atoms with Gasteiger partial charge in [0.15, 0.2) is 22.8 Å². The quantitative estimate of drug-likeness (QED) is 0.112. The topological polar surface area (TPSA) is 203 Å². The van der Waals surface area contributed by atoms with Gasteiger partial charge in [0.25, 0.3) is 23.0 Å². The smallest absolute Gasteiger partial charge is 0.370 e. The Labute approximate surface area is 310 Å². The molecule has 0 amide bonds. The van der Waals surface area contributed by atoms with Crippen LogP contribution in [-0.2, 0) is 6.18 Å². The van der Waals surface area contributed by atoms with Gasteiger partial charge in [-0.05, 0) is 11.1 Å². The largest absolute Gasteiger partial charge is 0.531 e. The molecule has 3 aliphatic rings. The Kier molecular flexibility index (Phi) is 7.34. The van der Waals surface area contributed by atoms with Crippen LogP contribution in [0.3, 0.4) is 0 Å². The Bertz CT molecular complexity index is 3240. The number of alkyl halides is 3. The molecule has 0 N–H and O–H groups in total. The zero-order valence-electron chi connectivity index (χ0n) is 26.7. The van der Waals surface area contributed by atoms with Crippen molar-refractivity contribution in [1.82, 2.24) is 29.9 Å². The highest BCUT2D eigenvalue weighted by molar-refractivity contribution is 6.22. The van der Waals surface area contributed by atoms with Gasteiger partial charge >= 0.3 is 17.8 Å². The van der Waals surface area contributed by atoms with Crippen molar-refractivity contribution in [2.24, 2.45) is 0 Å². The molecule has 0 saturated carbocycles. The Morgan fingerprint density at radius 1 is 0.464 bits per heavy atom. The summed E-state index contributed by atoms with van der Waals surface area (Å²) in [6.07, 6.45) is -5.31. The predicted octanol–water partition coefficient (Wildman–Crippen LogP) is 7.37. The number of nitrogens with zero attached hydrogens (tertiary/aromatic N) is 17. The Hall–Kier alpha value is -10.1. The summed E-state index contributed by atoms with van der Waals surface area (Å²) < 4.78 is 43.3. The first-order valence-corrected chi connectivity index (χ1v) is 14.5. The van der Waals surface area contributed by atoms with Gasteiger partial charge in [-0.1, -0.05) is 19.7 Å². The third-order valence-electron chi connectivity index (χ3n) is 8.45. The van der Waals surface area contributed by atoms with E-state index in [-0.39, 0.29) is 61.7 Å². The van der Waals surface area contributed by atoms with E-state index < -0.39 is 80.5 Å². The van der Waals surface area contributed by atoms with Crippen molar-refractivity contribution in [3.63, 3.8) is 0 Å². The molecule has 20 heteroatoms. The van der Waals surface area contributed by atoms with Crippen LogP contribution in [0, 0.1) is 91.3 Å². The van der Waals surface area contributed by atoms with Gasteiger partial charge in [-0.15, -0.1) is 15.0 Å². The molecule has 3 aromatic heterocycles. The summed E-state index contributed by atoms with van der Waals surface area (Å²) in [6.45, 7) is 54.6. The highest BCUT2D eigenvalue weighted by atomic mass is 19.4. The Balaban J connectivity index is 1.93. The number of aromatic nitrogens is 6. The highest BCUT2D eigenvalue weighted by Crippen LogP contribution is 2.64. The lowest BCUT2D eigenvalue weighted by molar-refractivity contribution is -0.141. The number of fused-ring (bicyclic) bond motifs is 12. The molecule has 0 spiro atoms. The van der Waals surface area contributed by atoms with E-state index in [2.05, 4.69) is 63.8 Å². The van der Waals surface area contributed by atoms with E-state index in [0.717, 1.165) is 0 Å². The molecule has 7 rings (SSSR count). The third kappa shape index (κ3) is 4.24. The van der Waals surface area contributed by atoms with Gasteiger partial charge in [0, 0.05) is 27.8 Å². The summed E-state index contributed by atoms with van der Waals surface area (Å²) >= 11 is 0. The molecule has 0 radical (unpaired) electrons. The number of nitriles is 4. The fourth-order valence-corrected chi connectivity index (χ4v) is 6.56. The summed E-state index contributed by atoms with van der Waals surface area (Å²) in [5.41, 5.74) is -11.4. The van der Waals surface area contributed by atoms with Gasteiger partial charge in [-0.3, -0.25) is 0 Å². The molecule has 250 valence electrons.